The van der Waals surface area contributed by atoms with E-state index >= 15 is 0 Å². The summed E-state index contributed by atoms with van der Waals surface area (Å²) >= 11 is 0. The fourth-order valence-electron chi connectivity index (χ4n) is 2.57. The molecule has 3 rings (SSSR count). The molecule has 0 aromatic heterocycles. The van der Waals surface area contributed by atoms with Crippen LogP contribution in [0.1, 0.15) is 12.5 Å². The summed E-state index contributed by atoms with van der Waals surface area (Å²) in [5.41, 5.74) is 1.05. The van der Waals surface area contributed by atoms with Gasteiger partial charge in [0, 0.05) is 11.5 Å². The summed E-state index contributed by atoms with van der Waals surface area (Å²) in [7, 11) is -1.66. The van der Waals surface area contributed by atoms with Crippen LogP contribution < -0.4 is 0 Å². The molecule has 1 aromatic carbocycles. The van der Waals surface area contributed by atoms with Crippen LogP contribution >= 0.6 is 0 Å². The Morgan fingerprint density at radius 3 is 2.81 bits per heavy atom. The van der Waals surface area contributed by atoms with Gasteiger partial charge in [-0.3, -0.25) is 4.21 Å². The van der Waals surface area contributed by atoms with Gasteiger partial charge in [-0.15, -0.1) is 0 Å². The van der Waals surface area contributed by atoms with Crippen LogP contribution in [0.25, 0.3) is 0 Å². The highest BCUT2D eigenvalue weighted by Crippen LogP contribution is 2.45. The third-order valence-corrected chi connectivity index (χ3v) is 5.51. The summed E-state index contributed by atoms with van der Waals surface area (Å²) in [5, 5.41) is 7.95. The number of fused-ring (bicyclic) bond motifs is 1. The molecule has 112 valence electrons. The number of azo groups is 1. The van der Waals surface area contributed by atoms with Crippen molar-refractivity contribution in [3.05, 3.63) is 29.8 Å². The SMILES string of the molecule is CCO[C@H]1OC(=O)[C@@]2(S(=O)c3ccc(C)cc3)N=NC[C@@H]12. The van der Waals surface area contributed by atoms with Crippen molar-refractivity contribution in [2.24, 2.45) is 16.1 Å². The molecule has 0 radical (unpaired) electrons. The molecule has 4 atom stereocenters. The van der Waals surface area contributed by atoms with Gasteiger partial charge in [0.05, 0.1) is 23.3 Å². The lowest BCUT2D eigenvalue weighted by Crippen LogP contribution is -2.43. The molecule has 1 unspecified atom stereocenters. The first-order valence-corrected chi connectivity index (χ1v) is 7.94. The number of esters is 1. The second-order valence-corrected chi connectivity index (χ2v) is 6.67. The predicted molar refractivity (Wildman–Crippen MR) is 75.0 cm³/mol. The second-order valence-electron chi connectivity index (χ2n) is 5.04. The fourth-order valence-corrected chi connectivity index (χ4v) is 4.11. The minimum Gasteiger partial charge on any atom is -0.433 e. The molecule has 2 heterocycles. The summed E-state index contributed by atoms with van der Waals surface area (Å²) in [5.74, 6) is -1.06. The van der Waals surface area contributed by atoms with E-state index in [2.05, 4.69) is 10.2 Å². The van der Waals surface area contributed by atoms with E-state index in [-0.39, 0.29) is 6.54 Å². The highest BCUT2D eigenvalue weighted by molar-refractivity contribution is 7.87. The molecule has 1 fully saturated rings. The molecule has 1 saturated heterocycles. The standard InChI is InChI=1S/C14H16N2O4S/c1-3-19-12-11-8-15-16-14(11,13(17)20-12)21(18)10-6-4-9(2)5-7-10/h4-7,11-12H,3,8H2,1-2H3/t11-,12-,14+,21?/m0/s1. The van der Waals surface area contributed by atoms with E-state index in [1.165, 1.54) is 0 Å². The van der Waals surface area contributed by atoms with Gasteiger partial charge in [-0.05, 0) is 26.0 Å². The molecule has 2 aliphatic rings. The Morgan fingerprint density at radius 1 is 1.43 bits per heavy atom. The lowest BCUT2D eigenvalue weighted by atomic mass is 10.0. The van der Waals surface area contributed by atoms with Crippen LogP contribution in [0.4, 0.5) is 0 Å². The predicted octanol–water partition coefficient (Wildman–Crippen LogP) is 1.80. The topological polar surface area (TPSA) is 77.3 Å². The molecular formula is C14H16N2O4S. The van der Waals surface area contributed by atoms with E-state index < -0.39 is 33.8 Å². The molecule has 21 heavy (non-hydrogen) atoms. The first kappa shape index (κ1) is 14.3. The quantitative estimate of drug-likeness (QED) is 0.795. The Hall–Kier alpha value is -1.60. The number of ether oxygens (including phenoxy) is 2. The number of aryl methyl sites for hydroxylation is 1. The van der Waals surface area contributed by atoms with Gasteiger partial charge >= 0.3 is 5.97 Å². The van der Waals surface area contributed by atoms with Crippen molar-refractivity contribution in [1.82, 2.24) is 0 Å². The highest BCUT2D eigenvalue weighted by Gasteiger charge is 2.65. The molecule has 0 aliphatic carbocycles. The number of nitrogens with zero attached hydrogens (tertiary/aromatic N) is 2. The first-order valence-electron chi connectivity index (χ1n) is 6.79. The van der Waals surface area contributed by atoms with Crippen molar-refractivity contribution < 1.29 is 18.5 Å². The summed E-state index contributed by atoms with van der Waals surface area (Å²) in [6, 6.07) is 7.19. The maximum absolute atomic E-state index is 12.9. The van der Waals surface area contributed by atoms with E-state index in [0.29, 0.717) is 11.5 Å². The van der Waals surface area contributed by atoms with E-state index in [1.807, 2.05) is 26.0 Å². The molecule has 6 nitrogen and oxygen atoms in total. The van der Waals surface area contributed by atoms with Gasteiger partial charge in [0.15, 0.2) is 0 Å². The zero-order chi connectivity index (χ0) is 15.0. The van der Waals surface area contributed by atoms with E-state index in [0.717, 1.165) is 5.56 Å². The minimum atomic E-state index is -1.66. The third-order valence-electron chi connectivity index (χ3n) is 3.69. The number of carbonyl (C=O) groups excluding carboxylic acids is 1. The van der Waals surface area contributed by atoms with Crippen LogP contribution in [0.2, 0.25) is 0 Å². The number of hydrogen-bond acceptors (Lipinski definition) is 6. The summed E-state index contributed by atoms with van der Waals surface area (Å²) in [6.45, 7) is 4.45. The van der Waals surface area contributed by atoms with Crippen LogP contribution in [0.5, 0.6) is 0 Å². The summed E-state index contributed by atoms with van der Waals surface area (Å²) in [6.07, 6.45) is -0.730. The maximum atomic E-state index is 12.9. The average molecular weight is 308 g/mol. The van der Waals surface area contributed by atoms with Gasteiger partial charge in [-0.25, -0.2) is 4.79 Å². The average Bonchev–Trinajstić information content (AvgIpc) is 3.01. The molecule has 0 spiro atoms. The molecular weight excluding hydrogens is 292 g/mol. The lowest BCUT2D eigenvalue weighted by molar-refractivity contribution is -0.166. The Labute approximate surface area is 125 Å². The van der Waals surface area contributed by atoms with Crippen molar-refractivity contribution in [1.29, 1.82) is 0 Å². The molecule has 2 aliphatic heterocycles. The number of hydrogen-bond donors (Lipinski definition) is 0. The Kier molecular flexibility index (Phi) is 3.62. The van der Waals surface area contributed by atoms with Gasteiger partial charge < -0.3 is 9.47 Å². The lowest BCUT2D eigenvalue weighted by Gasteiger charge is -2.20. The van der Waals surface area contributed by atoms with Gasteiger partial charge in [0.1, 0.15) is 0 Å². The molecule has 1 aromatic rings. The van der Waals surface area contributed by atoms with Crippen molar-refractivity contribution >= 4 is 16.8 Å². The number of cyclic esters (lactones) is 1. The van der Waals surface area contributed by atoms with Crippen LogP contribution in [-0.2, 0) is 25.1 Å². The van der Waals surface area contributed by atoms with Gasteiger partial charge in [0.2, 0.25) is 6.29 Å². The van der Waals surface area contributed by atoms with Crippen LogP contribution in [0.15, 0.2) is 39.4 Å². The summed E-state index contributed by atoms with van der Waals surface area (Å²) < 4.78 is 23.6. The van der Waals surface area contributed by atoms with Crippen molar-refractivity contribution in [2.75, 3.05) is 13.2 Å². The minimum absolute atomic E-state index is 0.286. The molecule has 0 bridgehead atoms. The largest absolute Gasteiger partial charge is 0.433 e. The number of rotatable bonds is 4. The Morgan fingerprint density at radius 2 is 2.14 bits per heavy atom. The molecule has 0 saturated carbocycles. The highest BCUT2D eigenvalue weighted by atomic mass is 32.2. The maximum Gasteiger partial charge on any atom is 0.352 e. The first-order chi connectivity index (χ1) is 10.1. The smallest absolute Gasteiger partial charge is 0.352 e. The van der Waals surface area contributed by atoms with Crippen LogP contribution in [0, 0.1) is 12.8 Å². The van der Waals surface area contributed by atoms with Crippen LogP contribution in [0.3, 0.4) is 0 Å². The zero-order valence-electron chi connectivity index (χ0n) is 11.8. The number of benzene rings is 1. The van der Waals surface area contributed by atoms with Crippen LogP contribution in [-0.4, -0.2) is 34.5 Å². The Bertz CT molecular complexity index is 616. The van der Waals surface area contributed by atoms with Crippen molar-refractivity contribution in [3.8, 4) is 0 Å². The molecule has 0 N–H and O–H groups in total. The summed E-state index contributed by atoms with van der Waals surface area (Å²) in [4.78, 5) is 11.4. The molecule has 0 amide bonds. The van der Waals surface area contributed by atoms with Gasteiger partial charge in [-0.1, -0.05) is 17.7 Å². The van der Waals surface area contributed by atoms with Gasteiger partial charge in [-0.2, -0.15) is 10.2 Å². The van der Waals surface area contributed by atoms with Crippen molar-refractivity contribution in [3.63, 3.8) is 0 Å². The Balaban J connectivity index is 1.98. The monoisotopic (exact) mass is 308 g/mol. The van der Waals surface area contributed by atoms with Crippen molar-refractivity contribution in [2.45, 2.75) is 29.9 Å². The normalized spacial score (nSPS) is 32.0. The van der Waals surface area contributed by atoms with E-state index in [9.17, 15) is 9.00 Å². The second kappa shape index (κ2) is 5.31. The molecule has 7 heteroatoms. The third kappa shape index (κ3) is 2.11. The fraction of sp³-hybridized carbons (Fsp3) is 0.500. The number of carbonyl (C=O) groups is 1. The van der Waals surface area contributed by atoms with E-state index in [1.54, 1.807) is 12.1 Å². The zero-order valence-corrected chi connectivity index (χ0v) is 12.6. The van der Waals surface area contributed by atoms with E-state index in [4.69, 9.17) is 9.47 Å². The van der Waals surface area contributed by atoms with Gasteiger partial charge in [0.25, 0.3) is 4.87 Å².